The van der Waals surface area contributed by atoms with Gasteiger partial charge in [-0.3, -0.25) is 4.79 Å². The smallest absolute Gasteiger partial charge is 0.252 e. The fraction of sp³-hybridized carbons (Fsp3) is 0.257. The quantitative estimate of drug-likeness (QED) is 0.0640. The molecule has 1 aliphatic heterocycles. The molecule has 46 heavy (non-hydrogen) atoms. The van der Waals surface area contributed by atoms with Crippen LogP contribution in [-0.2, 0) is 28.9 Å². The van der Waals surface area contributed by atoms with Crippen LogP contribution in [-0.4, -0.2) is 42.2 Å². The van der Waals surface area contributed by atoms with E-state index >= 15 is 0 Å². The van der Waals surface area contributed by atoms with E-state index in [-0.39, 0.29) is 31.3 Å². The highest BCUT2D eigenvalue weighted by atomic mass is 79.9. The molecule has 4 aromatic rings. The Labute approximate surface area is 274 Å². The molecule has 4 aromatic carbocycles. The number of benzene rings is 4. The van der Waals surface area contributed by atoms with Crippen molar-refractivity contribution in [2.24, 2.45) is 10.1 Å². The van der Waals surface area contributed by atoms with E-state index in [9.17, 15) is 9.18 Å². The van der Waals surface area contributed by atoms with Gasteiger partial charge in [-0.2, -0.15) is 0 Å². The molecule has 1 heterocycles. The van der Waals surface area contributed by atoms with Crippen molar-refractivity contribution in [1.29, 1.82) is 0 Å². The topological polar surface area (TPSA) is 129 Å². The summed E-state index contributed by atoms with van der Waals surface area (Å²) in [7, 11) is 0. The molecule has 5 rings (SSSR count). The number of rotatable bonds is 14. The Bertz CT molecular complexity index is 1730. The number of nitrogens with zero attached hydrogens (tertiary/aromatic N) is 4. The van der Waals surface area contributed by atoms with Gasteiger partial charge in [0.15, 0.2) is 11.6 Å². The number of ether oxygens (including phenoxy) is 2. The molecule has 0 aromatic heterocycles. The Balaban J connectivity index is 1.56. The van der Waals surface area contributed by atoms with Gasteiger partial charge in [-0.15, -0.1) is 0 Å². The van der Waals surface area contributed by atoms with E-state index in [0.29, 0.717) is 43.2 Å². The predicted molar refractivity (Wildman–Crippen MR) is 177 cm³/mol. The molecule has 0 spiro atoms. The van der Waals surface area contributed by atoms with E-state index in [1.165, 1.54) is 12.1 Å². The zero-order valence-corrected chi connectivity index (χ0v) is 26.6. The number of aliphatic hydroxyl groups excluding tert-OH is 1. The van der Waals surface area contributed by atoms with Gasteiger partial charge in [-0.1, -0.05) is 75.6 Å². The summed E-state index contributed by atoms with van der Waals surface area (Å²) in [5.41, 5.74) is 11.4. The second kappa shape index (κ2) is 15.5. The number of carbonyl (C=O) groups is 1. The maximum absolute atomic E-state index is 14.5. The highest BCUT2D eigenvalue weighted by Gasteiger charge is 2.54. The van der Waals surface area contributed by atoms with Gasteiger partial charge in [0.05, 0.1) is 13.2 Å². The minimum absolute atomic E-state index is 0.0409. The summed E-state index contributed by atoms with van der Waals surface area (Å²) >= 11 is 3.66. The third-order valence-corrected chi connectivity index (χ3v) is 8.43. The van der Waals surface area contributed by atoms with Crippen LogP contribution in [0.15, 0.2) is 112 Å². The maximum atomic E-state index is 14.5. The summed E-state index contributed by atoms with van der Waals surface area (Å²) < 4.78 is 26.5. The van der Waals surface area contributed by atoms with Crippen LogP contribution in [0.5, 0.6) is 5.75 Å². The summed E-state index contributed by atoms with van der Waals surface area (Å²) in [4.78, 5) is 22.5. The molecule has 1 amide bonds. The van der Waals surface area contributed by atoms with Crippen LogP contribution >= 0.6 is 15.9 Å². The van der Waals surface area contributed by atoms with Crippen molar-refractivity contribution in [2.75, 3.05) is 19.8 Å². The number of hydrogen-bond donors (Lipinski definition) is 2. The van der Waals surface area contributed by atoms with Gasteiger partial charge >= 0.3 is 0 Å². The first-order chi connectivity index (χ1) is 22.4. The lowest BCUT2D eigenvalue weighted by atomic mass is 9.81. The molecule has 2 atom stereocenters. The Hall–Kier alpha value is -4.70. The standard InChI is InChI=1S/C35H33BrFN5O4/c36-31-9-4-3-8-30(31)32-35(22-26-6-1-2-7-27(26)23-40-42-38,34(44)39-19-18-24-10-14-28(37)15-11-24)41-33(46-32)25-12-16-29(17-13-25)45-21-5-20-43/h1-4,6-17,32,43H,5,18-23H2,(H,39,44)/t32-,35-/m1/s1. The van der Waals surface area contributed by atoms with Crippen molar-refractivity contribution in [3.63, 3.8) is 0 Å². The van der Waals surface area contributed by atoms with Gasteiger partial charge < -0.3 is 19.9 Å². The Morgan fingerprint density at radius 1 is 1.04 bits per heavy atom. The number of nitrogens with one attached hydrogen (secondary N) is 1. The van der Waals surface area contributed by atoms with Crippen molar-refractivity contribution in [3.8, 4) is 5.75 Å². The zero-order valence-electron chi connectivity index (χ0n) is 25.0. The summed E-state index contributed by atoms with van der Waals surface area (Å²) in [5, 5.41) is 15.9. The van der Waals surface area contributed by atoms with Gasteiger partial charge in [0.1, 0.15) is 11.6 Å². The Morgan fingerprint density at radius 3 is 2.48 bits per heavy atom. The predicted octanol–water partition coefficient (Wildman–Crippen LogP) is 7.02. The van der Waals surface area contributed by atoms with Crippen molar-refractivity contribution in [1.82, 2.24) is 5.32 Å². The summed E-state index contributed by atoms with van der Waals surface area (Å²) in [6.07, 6.45) is 0.344. The lowest BCUT2D eigenvalue weighted by molar-refractivity contribution is -0.128. The lowest BCUT2D eigenvalue weighted by Gasteiger charge is -2.32. The van der Waals surface area contributed by atoms with Gasteiger partial charge in [-0.25, -0.2) is 9.38 Å². The second-order valence-electron chi connectivity index (χ2n) is 10.8. The third kappa shape index (κ3) is 7.74. The fourth-order valence-electron chi connectivity index (χ4n) is 5.35. The number of halogens is 2. The maximum Gasteiger partial charge on any atom is 0.252 e. The van der Waals surface area contributed by atoms with Crippen LogP contribution in [0.3, 0.4) is 0 Å². The molecule has 0 fully saturated rings. The summed E-state index contributed by atoms with van der Waals surface area (Å²) in [6.45, 7) is 0.830. The van der Waals surface area contributed by atoms with Crippen LogP contribution in [0.25, 0.3) is 10.4 Å². The molecule has 9 nitrogen and oxygen atoms in total. The molecule has 0 bridgehead atoms. The van der Waals surface area contributed by atoms with Crippen LogP contribution in [0, 0.1) is 5.82 Å². The number of amides is 1. The van der Waals surface area contributed by atoms with Crippen molar-refractivity contribution in [2.45, 2.75) is 37.5 Å². The normalized spacial score (nSPS) is 17.0. The van der Waals surface area contributed by atoms with Crippen LogP contribution in [0.1, 0.15) is 40.3 Å². The molecule has 236 valence electrons. The molecule has 0 saturated heterocycles. The van der Waals surface area contributed by atoms with E-state index in [1.807, 2.05) is 60.7 Å². The molecule has 1 aliphatic rings. The van der Waals surface area contributed by atoms with Crippen molar-refractivity contribution in [3.05, 3.63) is 146 Å². The largest absolute Gasteiger partial charge is 0.494 e. The molecule has 0 unspecified atom stereocenters. The molecule has 0 aliphatic carbocycles. The van der Waals surface area contributed by atoms with Gasteiger partial charge in [0, 0.05) is 46.5 Å². The monoisotopic (exact) mass is 685 g/mol. The summed E-state index contributed by atoms with van der Waals surface area (Å²) in [6, 6.07) is 28.5. The Morgan fingerprint density at radius 2 is 1.76 bits per heavy atom. The van der Waals surface area contributed by atoms with E-state index in [2.05, 4.69) is 31.3 Å². The molecule has 0 radical (unpaired) electrons. The first kappa shape index (κ1) is 32.7. The average molecular weight is 687 g/mol. The first-order valence-electron chi connectivity index (χ1n) is 14.9. The number of aliphatic imine (C=N–C) groups is 1. The van der Waals surface area contributed by atoms with Crippen molar-refractivity contribution < 1.29 is 23.8 Å². The highest BCUT2D eigenvalue weighted by molar-refractivity contribution is 9.10. The zero-order chi connectivity index (χ0) is 32.4. The molecular weight excluding hydrogens is 653 g/mol. The van der Waals surface area contributed by atoms with E-state index in [4.69, 9.17) is 25.1 Å². The van der Waals surface area contributed by atoms with Gasteiger partial charge in [-0.05, 0) is 71.1 Å². The molecular formula is C35H33BrFN5O4. The number of aliphatic hydroxyl groups is 1. The minimum atomic E-state index is -1.45. The average Bonchev–Trinajstić information content (AvgIpc) is 3.46. The van der Waals surface area contributed by atoms with Crippen LogP contribution in [0.2, 0.25) is 0 Å². The Kier molecular flexibility index (Phi) is 11.0. The number of hydrogen-bond acceptors (Lipinski definition) is 6. The van der Waals surface area contributed by atoms with Gasteiger partial charge in [0.2, 0.25) is 5.90 Å². The van der Waals surface area contributed by atoms with E-state index in [1.54, 1.807) is 24.3 Å². The van der Waals surface area contributed by atoms with Crippen molar-refractivity contribution >= 4 is 27.7 Å². The molecule has 11 heteroatoms. The molecule has 0 saturated carbocycles. The van der Waals surface area contributed by atoms with E-state index < -0.39 is 11.6 Å². The highest BCUT2D eigenvalue weighted by Crippen LogP contribution is 2.45. The van der Waals surface area contributed by atoms with Gasteiger partial charge in [0.25, 0.3) is 5.91 Å². The third-order valence-electron chi connectivity index (χ3n) is 7.71. The SMILES string of the molecule is [N-]=[N+]=NCc1ccccc1C[C@@]1(C(=O)NCCc2ccc(F)cc2)N=C(c2ccc(OCCCO)cc2)O[C@@H]1c1ccccc1Br. The number of carbonyl (C=O) groups excluding carboxylic acids is 1. The fourth-order valence-corrected chi connectivity index (χ4v) is 5.85. The summed E-state index contributed by atoms with van der Waals surface area (Å²) in [5.74, 6) is 0.267. The number of azide groups is 1. The lowest BCUT2D eigenvalue weighted by Crippen LogP contribution is -2.50. The van der Waals surface area contributed by atoms with Crippen LogP contribution in [0.4, 0.5) is 4.39 Å². The van der Waals surface area contributed by atoms with Crippen LogP contribution < -0.4 is 10.1 Å². The van der Waals surface area contributed by atoms with E-state index in [0.717, 1.165) is 26.7 Å². The molecule has 2 N–H and O–H groups in total. The second-order valence-corrected chi connectivity index (χ2v) is 11.6. The minimum Gasteiger partial charge on any atom is -0.494 e. The first-order valence-corrected chi connectivity index (χ1v) is 15.7.